The number of halogens is 1. The van der Waals surface area contributed by atoms with Crippen molar-refractivity contribution in [2.24, 2.45) is 5.73 Å². The minimum absolute atomic E-state index is 0.108. The number of carbonyl (C=O) groups excluding carboxylic acids is 1. The van der Waals surface area contributed by atoms with E-state index in [0.717, 1.165) is 5.56 Å². The number of hydrogen-bond acceptors (Lipinski definition) is 4. The van der Waals surface area contributed by atoms with E-state index >= 15 is 0 Å². The average Bonchev–Trinajstić information content (AvgIpc) is 2.41. The predicted molar refractivity (Wildman–Crippen MR) is 75.5 cm³/mol. The quantitative estimate of drug-likeness (QED) is 0.681. The number of methoxy groups -OCH3 is 1. The zero-order chi connectivity index (χ0) is 15.0. The topological polar surface area (TPSA) is 67.6 Å². The Morgan fingerprint density at radius 2 is 2.25 bits per heavy atom. The van der Waals surface area contributed by atoms with E-state index in [0.29, 0.717) is 31.8 Å². The number of hydrogen-bond donors (Lipinski definition) is 2. The Hall–Kier alpha value is -1.50. The lowest BCUT2D eigenvalue weighted by Gasteiger charge is -2.17. The number of nitrogens with one attached hydrogen (secondary N) is 1. The monoisotopic (exact) mass is 283 g/mol. The zero-order valence-corrected chi connectivity index (χ0v) is 12.0. The Bertz CT molecular complexity index is 440. The number of benzene rings is 1. The van der Waals surface area contributed by atoms with Crippen LogP contribution >= 0.6 is 0 Å². The summed E-state index contributed by atoms with van der Waals surface area (Å²) < 4.78 is 18.6. The highest BCUT2D eigenvalue weighted by atomic mass is 19.1. The molecule has 1 aromatic carbocycles. The summed E-state index contributed by atoms with van der Waals surface area (Å²) in [5, 5.41) is 2.72. The molecule has 5 nitrogen and oxygen atoms in total. The largest absolute Gasteiger partial charge is 0.383 e. The first-order valence-corrected chi connectivity index (χ1v) is 6.48. The van der Waals surface area contributed by atoms with Gasteiger partial charge in [0.15, 0.2) is 0 Å². The first-order chi connectivity index (χ1) is 9.56. The van der Waals surface area contributed by atoms with E-state index in [1.807, 2.05) is 0 Å². The van der Waals surface area contributed by atoms with Crippen LogP contribution in [0.25, 0.3) is 0 Å². The molecule has 0 aliphatic heterocycles. The maximum atomic E-state index is 13.8. The highest BCUT2D eigenvalue weighted by molar-refractivity contribution is 5.77. The molecule has 0 aliphatic carbocycles. The molecule has 0 unspecified atom stereocenters. The molecule has 1 aromatic rings. The van der Waals surface area contributed by atoms with Crippen LogP contribution in [0.15, 0.2) is 18.2 Å². The minimum Gasteiger partial charge on any atom is -0.383 e. The summed E-state index contributed by atoms with van der Waals surface area (Å²) in [6.07, 6.45) is 0. The molecule has 6 heteroatoms. The summed E-state index contributed by atoms with van der Waals surface area (Å²) in [4.78, 5) is 13.3. The maximum absolute atomic E-state index is 13.8. The van der Waals surface area contributed by atoms with E-state index < -0.39 is 0 Å². The number of ether oxygens (including phenoxy) is 1. The molecule has 1 rings (SSSR count). The Labute approximate surface area is 118 Å². The van der Waals surface area contributed by atoms with Crippen molar-refractivity contribution in [3.63, 3.8) is 0 Å². The molecule has 0 aromatic heterocycles. The van der Waals surface area contributed by atoms with Crippen molar-refractivity contribution in [1.82, 2.24) is 10.2 Å². The summed E-state index contributed by atoms with van der Waals surface area (Å²) >= 11 is 0. The fourth-order valence-electron chi connectivity index (χ4n) is 1.79. The predicted octanol–water partition coefficient (Wildman–Crippen LogP) is 0.479. The summed E-state index contributed by atoms with van der Waals surface area (Å²) in [7, 11) is 3.35. The first-order valence-electron chi connectivity index (χ1n) is 6.48. The Balaban J connectivity index is 2.45. The van der Waals surface area contributed by atoms with Crippen molar-refractivity contribution in [3.05, 3.63) is 35.1 Å². The van der Waals surface area contributed by atoms with Gasteiger partial charge in [-0.25, -0.2) is 4.39 Å². The molecule has 0 radical (unpaired) electrons. The molecule has 0 saturated heterocycles. The molecule has 112 valence electrons. The lowest BCUT2D eigenvalue weighted by Crippen LogP contribution is -2.36. The Morgan fingerprint density at radius 3 is 2.85 bits per heavy atom. The third-order valence-corrected chi connectivity index (χ3v) is 2.84. The van der Waals surface area contributed by atoms with E-state index in [9.17, 15) is 9.18 Å². The van der Waals surface area contributed by atoms with Crippen LogP contribution in [0.1, 0.15) is 11.1 Å². The average molecular weight is 283 g/mol. The molecule has 0 bridgehead atoms. The van der Waals surface area contributed by atoms with Crippen LogP contribution in [0.4, 0.5) is 4.39 Å². The smallest absolute Gasteiger partial charge is 0.234 e. The van der Waals surface area contributed by atoms with E-state index in [1.54, 1.807) is 31.2 Å². The number of carbonyl (C=O) groups is 1. The molecule has 3 N–H and O–H groups in total. The molecule has 0 aliphatic rings. The summed E-state index contributed by atoms with van der Waals surface area (Å²) in [6.45, 7) is 1.85. The van der Waals surface area contributed by atoms with Gasteiger partial charge in [-0.2, -0.15) is 0 Å². The minimum atomic E-state index is -0.292. The number of amides is 1. The van der Waals surface area contributed by atoms with Gasteiger partial charge in [-0.15, -0.1) is 0 Å². The van der Waals surface area contributed by atoms with Gasteiger partial charge in [-0.1, -0.05) is 12.1 Å². The van der Waals surface area contributed by atoms with Gasteiger partial charge < -0.3 is 15.8 Å². The number of nitrogens with two attached hydrogens (primary N) is 1. The van der Waals surface area contributed by atoms with Gasteiger partial charge >= 0.3 is 0 Å². The van der Waals surface area contributed by atoms with Crippen LogP contribution in [0.2, 0.25) is 0 Å². The van der Waals surface area contributed by atoms with Gasteiger partial charge in [0, 0.05) is 32.3 Å². The lowest BCUT2D eigenvalue weighted by molar-refractivity contribution is -0.122. The highest BCUT2D eigenvalue weighted by Gasteiger charge is 2.09. The molecule has 0 fully saturated rings. The normalized spacial score (nSPS) is 10.8. The Kier molecular flexibility index (Phi) is 7.14. The van der Waals surface area contributed by atoms with Crippen LogP contribution in [0, 0.1) is 5.82 Å². The number of rotatable bonds is 8. The fraction of sp³-hybridized carbons (Fsp3) is 0.500. The van der Waals surface area contributed by atoms with Gasteiger partial charge in [0.2, 0.25) is 5.91 Å². The number of nitrogens with zero attached hydrogens (tertiary/aromatic N) is 1. The molecular weight excluding hydrogens is 261 g/mol. The second-order valence-electron chi connectivity index (χ2n) is 4.64. The van der Waals surface area contributed by atoms with E-state index in [-0.39, 0.29) is 18.3 Å². The van der Waals surface area contributed by atoms with Gasteiger partial charge in [0.25, 0.3) is 0 Å². The van der Waals surface area contributed by atoms with Crippen molar-refractivity contribution in [2.45, 2.75) is 13.1 Å². The van der Waals surface area contributed by atoms with Crippen LogP contribution in [0.5, 0.6) is 0 Å². The molecule has 0 heterocycles. The second-order valence-corrected chi connectivity index (χ2v) is 4.64. The van der Waals surface area contributed by atoms with Gasteiger partial charge in [-0.3, -0.25) is 9.69 Å². The summed E-state index contributed by atoms with van der Waals surface area (Å²) in [6, 6.07) is 4.93. The first kappa shape index (κ1) is 16.6. The summed E-state index contributed by atoms with van der Waals surface area (Å²) in [5.41, 5.74) is 6.76. The van der Waals surface area contributed by atoms with Gasteiger partial charge in [0.05, 0.1) is 13.2 Å². The van der Waals surface area contributed by atoms with E-state index in [4.69, 9.17) is 10.5 Å². The third-order valence-electron chi connectivity index (χ3n) is 2.84. The molecule has 0 saturated carbocycles. The van der Waals surface area contributed by atoms with Crippen molar-refractivity contribution < 1.29 is 13.9 Å². The van der Waals surface area contributed by atoms with Crippen molar-refractivity contribution in [3.8, 4) is 0 Å². The standard InChI is InChI=1S/C14H22FN3O2/c1-18(10-14(19)17-5-6-20-2)9-12-4-3-11(8-16)7-13(12)15/h3-4,7H,5-6,8-10,16H2,1-2H3,(H,17,19). The van der Waals surface area contributed by atoms with E-state index in [1.165, 1.54) is 6.07 Å². The lowest BCUT2D eigenvalue weighted by atomic mass is 10.1. The van der Waals surface area contributed by atoms with Crippen LogP contribution in [-0.4, -0.2) is 44.7 Å². The summed E-state index contributed by atoms with van der Waals surface area (Å²) in [5.74, 6) is -0.400. The fourth-order valence-corrected chi connectivity index (χ4v) is 1.79. The van der Waals surface area contributed by atoms with E-state index in [2.05, 4.69) is 5.32 Å². The molecule has 0 atom stereocenters. The van der Waals surface area contributed by atoms with Crippen LogP contribution < -0.4 is 11.1 Å². The highest BCUT2D eigenvalue weighted by Crippen LogP contribution is 2.12. The van der Waals surface area contributed by atoms with Gasteiger partial charge in [-0.05, 0) is 18.7 Å². The SMILES string of the molecule is COCCNC(=O)CN(C)Cc1ccc(CN)cc1F. The maximum Gasteiger partial charge on any atom is 0.234 e. The van der Waals surface area contributed by atoms with Crippen LogP contribution in [0.3, 0.4) is 0 Å². The van der Waals surface area contributed by atoms with Gasteiger partial charge in [0.1, 0.15) is 5.82 Å². The third kappa shape index (κ3) is 5.64. The van der Waals surface area contributed by atoms with Crippen LogP contribution in [-0.2, 0) is 22.6 Å². The molecular formula is C14H22FN3O2. The van der Waals surface area contributed by atoms with Crippen molar-refractivity contribution in [1.29, 1.82) is 0 Å². The van der Waals surface area contributed by atoms with Crippen molar-refractivity contribution >= 4 is 5.91 Å². The number of likely N-dealkylation sites (N-methyl/N-ethyl adjacent to an activating group) is 1. The molecule has 20 heavy (non-hydrogen) atoms. The second kappa shape index (κ2) is 8.63. The van der Waals surface area contributed by atoms with Crippen molar-refractivity contribution in [2.75, 3.05) is 33.9 Å². The zero-order valence-electron chi connectivity index (χ0n) is 12.0. The molecule has 0 spiro atoms. The Morgan fingerprint density at radius 1 is 1.50 bits per heavy atom. The molecule has 1 amide bonds.